The number of carboxylic acid groups (broad SMARTS) is 1. The number of ether oxygens (including phenoxy) is 2. The number of carbonyl (C=O) groups excluding carboxylic acids is 1. The van der Waals surface area contributed by atoms with Crippen LogP contribution in [0.3, 0.4) is 0 Å². The molecule has 0 bridgehead atoms. The number of hydrogen-bond donors (Lipinski definition) is 1. The number of nitrogens with zero attached hydrogens (tertiary/aromatic N) is 2. The van der Waals surface area contributed by atoms with E-state index in [1.807, 2.05) is 30.5 Å². The van der Waals surface area contributed by atoms with Gasteiger partial charge in [0.1, 0.15) is 11.5 Å². The van der Waals surface area contributed by atoms with Crippen LogP contribution in [0.25, 0.3) is 5.57 Å². The van der Waals surface area contributed by atoms with Gasteiger partial charge in [0.2, 0.25) is 0 Å². The van der Waals surface area contributed by atoms with E-state index in [1.165, 1.54) is 4.90 Å². The van der Waals surface area contributed by atoms with Crippen molar-refractivity contribution in [3.63, 3.8) is 0 Å². The SMILES string of the molecule is COc1ccc(C2=CN3C(=O)c4cc(OC)c(O[Si](C(C)C)(C(C)C)C(C)C)cc4N(C(=O)O)C[C@@H]3C2)cc1. The van der Waals surface area contributed by atoms with Crippen molar-refractivity contribution in [2.75, 3.05) is 25.7 Å². The Balaban J connectivity index is 1.80. The van der Waals surface area contributed by atoms with Gasteiger partial charge >= 0.3 is 6.09 Å². The fourth-order valence-electron chi connectivity index (χ4n) is 6.41. The molecule has 0 saturated heterocycles. The van der Waals surface area contributed by atoms with E-state index in [0.29, 0.717) is 40.2 Å². The van der Waals surface area contributed by atoms with Crippen molar-refractivity contribution in [2.24, 2.45) is 0 Å². The van der Waals surface area contributed by atoms with E-state index in [1.54, 1.807) is 31.3 Å². The van der Waals surface area contributed by atoms with Crippen LogP contribution < -0.4 is 18.8 Å². The molecular weight excluding hydrogens is 512 g/mol. The highest BCUT2D eigenvalue weighted by atomic mass is 28.4. The van der Waals surface area contributed by atoms with Gasteiger partial charge in [0, 0.05) is 12.3 Å². The summed E-state index contributed by atoms with van der Waals surface area (Å²) in [6.07, 6.45) is 1.27. The van der Waals surface area contributed by atoms with E-state index in [2.05, 4.69) is 41.5 Å². The summed E-state index contributed by atoms with van der Waals surface area (Å²) in [7, 11) is 0.791. The summed E-state index contributed by atoms with van der Waals surface area (Å²) in [5.41, 5.74) is 3.48. The number of amides is 2. The molecule has 39 heavy (non-hydrogen) atoms. The Morgan fingerprint density at radius 2 is 1.56 bits per heavy atom. The van der Waals surface area contributed by atoms with Crippen molar-refractivity contribution < 1.29 is 28.6 Å². The third-order valence-corrected chi connectivity index (χ3v) is 14.2. The van der Waals surface area contributed by atoms with Gasteiger partial charge in [-0.3, -0.25) is 9.69 Å². The van der Waals surface area contributed by atoms with E-state index >= 15 is 0 Å². The first-order valence-electron chi connectivity index (χ1n) is 13.5. The minimum absolute atomic E-state index is 0.150. The molecule has 0 saturated carbocycles. The summed E-state index contributed by atoms with van der Waals surface area (Å²) in [6, 6.07) is 10.7. The molecule has 0 aromatic heterocycles. The summed E-state index contributed by atoms with van der Waals surface area (Å²) >= 11 is 0. The van der Waals surface area contributed by atoms with Gasteiger partial charge in [-0.15, -0.1) is 0 Å². The highest BCUT2D eigenvalue weighted by Gasteiger charge is 2.48. The maximum atomic E-state index is 13.9. The summed E-state index contributed by atoms with van der Waals surface area (Å²) < 4.78 is 17.9. The molecule has 2 amide bonds. The molecule has 2 aromatic carbocycles. The smallest absolute Gasteiger partial charge is 0.411 e. The quantitative estimate of drug-likeness (QED) is 0.354. The number of fused-ring (bicyclic) bond motifs is 2. The second kappa shape index (κ2) is 11.0. The van der Waals surface area contributed by atoms with Gasteiger partial charge in [-0.25, -0.2) is 4.79 Å². The van der Waals surface area contributed by atoms with Gasteiger partial charge in [-0.1, -0.05) is 53.7 Å². The molecule has 0 spiro atoms. The van der Waals surface area contributed by atoms with E-state index in [4.69, 9.17) is 13.9 Å². The van der Waals surface area contributed by atoms with Gasteiger partial charge in [0.25, 0.3) is 14.2 Å². The molecule has 0 radical (unpaired) electrons. The zero-order chi connectivity index (χ0) is 28.6. The highest BCUT2D eigenvalue weighted by Crippen LogP contribution is 2.47. The monoisotopic (exact) mass is 552 g/mol. The first-order chi connectivity index (χ1) is 18.4. The van der Waals surface area contributed by atoms with Gasteiger partial charge in [-0.2, -0.15) is 0 Å². The second-order valence-corrected chi connectivity index (χ2v) is 16.7. The minimum atomic E-state index is -2.38. The normalized spacial score (nSPS) is 17.3. The van der Waals surface area contributed by atoms with E-state index in [0.717, 1.165) is 16.9 Å². The zero-order valence-corrected chi connectivity index (χ0v) is 25.1. The van der Waals surface area contributed by atoms with Crippen molar-refractivity contribution in [1.29, 1.82) is 0 Å². The minimum Gasteiger partial charge on any atom is -0.540 e. The predicted molar refractivity (Wildman–Crippen MR) is 156 cm³/mol. The van der Waals surface area contributed by atoms with Gasteiger partial charge in [0.05, 0.1) is 38.1 Å². The van der Waals surface area contributed by atoms with Gasteiger partial charge < -0.3 is 23.9 Å². The molecule has 0 unspecified atom stereocenters. The predicted octanol–water partition coefficient (Wildman–Crippen LogP) is 7.01. The Bertz CT molecular complexity index is 1250. The van der Waals surface area contributed by atoms with Crippen LogP contribution in [0.15, 0.2) is 42.6 Å². The largest absolute Gasteiger partial charge is 0.540 e. The molecule has 210 valence electrons. The maximum Gasteiger partial charge on any atom is 0.411 e. The second-order valence-electron chi connectivity index (χ2n) is 11.3. The first-order valence-corrected chi connectivity index (χ1v) is 15.7. The molecule has 1 N–H and O–H groups in total. The lowest BCUT2D eigenvalue weighted by atomic mass is 10.0. The average molecular weight is 553 g/mol. The molecule has 2 heterocycles. The molecule has 2 aliphatic rings. The lowest BCUT2D eigenvalue weighted by Crippen LogP contribution is -2.50. The van der Waals surface area contributed by atoms with Crippen LogP contribution in [0.2, 0.25) is 16.6 Å². The van der Waals surface area contributed by atoms with E-state index in [-0.39, 0.29) is 24.1 Å². The third kappa shape index (κ3) is 5.00. The zero-order valence-electron chi connectivity index (χ0n) is 24.1. The summed E-state index contributed by atoms with van der Waals surface area (Å²) in [6.45, 7) is 13.3. The molecular formula is C30H40N2O6Si. The number of methoxy groups -OCH3 is 2. The molecule has 2 aromatic rings. The van der Waals surface area contributed by atoms with Crippen LogP contribution in [0.5, 0.6) is 17.2 Å². The summed E-state index contributed by atoms with van der Waals surface area (Å²) in [5.74, 6) is 1.42. The Labute approximate surface area is 232 Å². The van der Waals surface area contributed by atoms with Crippen molar-refractivity contribution in [3.8, 4) is 17.2 Å². The van der Waals surface area contributed by atoms with Crippen LogP contribution in [0, 0.1) is 0 Å². The van der Waals surface area contributed by atoms with Crippen molar-refractivity contribution in [1.82, 2.24) is 4.90 Å². The maximum absolute atomic E-state index is 13.9. The Morgan fingerprint density at radius 3 is 2.08 bits per heavy atom. The van der Waals surface area contributed by atoms with Crippen molar-refractivity contribution in [2.45, 2.75) is 70.6 Å². The number of benzene rings is 2. The van der Waals surface area contributed by atoms with E-state index in [9.17, 15) is 14.7 Å². The Kier molecular flexibility index (Phi) is 8.02. The number of hydrogen-bond acceptors (Lipinski definition) is 5. The summed E-state index contributed by atoms with van der Waals surface area (Å²) in [5, 5.41) is 10.3. The van der Waals surface area contributed by atoms with Gasteiger partial charge in [-0.05, 0) is 52.4 Å². The van der Waals surface area contributed by atoms with Crippen molar-refractivity contribution in [3.05, 3.63) is 53.7 Å². The molecule has 0 fully saturated rings. The topological polar surface area (TPSA) is 88.5 Å². The van der Waals surface area contributed by atoms with E-state index < -0.39 is 14.4 Å². The van der Waals surface area contributed by atoms with Crippen LogP contribution in [-0.2, 0) is 0 Å². The third-order valence-electron chi connectivity index (χ3n) is 8.26. The standard InChI is InChI=1S/C30H40N2O6Si/c1-18(2)39(19(3)4,20(5)6)38-28-15-26-25(14-27(28)37-8)29(33)31-16-22(13-23(31)17-32(26)30(34)35)21-9-11-24(36-7)12-10-21/h9-12,14-16,18-20,23H,13,17H2,1-8H3,(H,34,35)/t23-/m0/s1. The lowest BCUT2D eigenvalue weighted by molar-refractivity contribution is 0.0794. The lowest BCUT2D eigenvalue weighted by Gasteiger charge is -2.42. The first kappa shape index (κ1) is 28.5. The molecule has 4 rings (SSSR count). The molecule has 8 nitrogen and oxygen atoms in total. The molecule has 2 aliphatic heterocycles. The average Bonchev–Trinajstić information content (AvgIpc) is 3.28. The Morgan fingerprint density at radius 1 is 0.949 bits per heavy atom. The number of rotatable bonds is 8. The molecule has 1 atom stereocenters. The van der Waals surface area contributed by atoms with Gasteiger partial charge in [0.15, 0.2) is 5.75 Å². The van der Waals surface area contributed by atoms with Crippen LogP contribution in [0.4, 0.5) is 10.5 Å². The summed E-state index contributed by atoms with van der Waals surface area (Å²) in [4.78, 5) is 29.4. The van der Waals surface area contributed by atoms with Crippen molar-refractivity contribution >= 4 is 31.6 Å². The van der Waals surface area contributed by atoms with Crippen LogP contribution >= 0.6 is 0 Å². The fraction of sp³-hybridized carbons (Fsp3) is 0.467. The molecule has 9 heteroatoms. The van der Waals surface area contributed by atoms with Crippen LogP contribution in [-0.4, -0.2) is 57.1 Å². The fourth-order valence-corrected chi connectivity index (χ4v) is 11.7. The Hall–Kier alpha value is -3.46. The number of carbonyl (C=O) groups is 2. The number of anilines is 1. The molecule has 0 aliphatic carbocycles. The van der Waals surface area contributed by atoms with Crippen LogP contribution in [0.1, 0.15) is 63.9 Å². The highest BCUT2D eigenvalue weighted by molar-refractivity contribution is 6.78.